The minimum Gasteiger partial charge on any atom is -0.496 e. The first-order valence-electron chi connectivity index (χ1n) is 9.02. The average molecular weight is 365 g/mol. The molecule has 0 spiro atoms. The van der Waals surface area contributed by atoms with Gasteiger partial charge in [0.05, 0.1) is 13.3 Å². The third-order valence-electron chi connectivity index (χ3n) is 4.51. The fourth-order valence-corrected chi connectivity index (χ4v) is 3.15. The molecule has 0 saturated carbocycles. The Kier molecular flexibility index (Phi) is 6.20. The monoisotopic (exact) mass is 365 g/mol. The van der Waals surface area contributed by atoms with Crippen LogP contribution in [0.5, 0.6) is 5.75 Å². The molecule has 0 aliphatic carbocycles. The average Bonchev–Trinajstić information content (AvgIpc) is 2.72. The molecule has 1 aliphatic heterocycles. The lowest BCUT2D eigenvalue weighted by Crippen LogP contribution is -2.36. The van der Waals surface area contributed by atoms with Gasteiger partial charge < -0.3 is 9.64 Å². The van der Waals surface area contributed by atoms with E-state index in [-0.39, 0.29) is 24.7 Å². The molecule has 0 fully saturated rings. The van der Waals surface area contributed by atoms with Crippen molar-refractivity contribution in [2.24, 2.45) is 5.10 Å². The van der Waals surface area contributed by atoms with Crippen LogP contribution in [0.1, 0.15) is 30.4 Å². The van der Waals surface area contributed by atoms with Gasteiger partial charge in [0.25, 0.3) is 0 Å². The number of nitrogens with zero attached hydrogens (tertiary/aromatic N) is 2. The Morgan fingerprint density at radius 2 is 1.93 bits per heavy atom. The molecule has 0 bridgehead atoms. The second-order valence-corrected chi connectivity index (χ2v) is 6.31. The molecule has 140 valence electrons. The van der Waals surface area contributed by atoms with E-state index in [1.54, 1.807) is 12.0 Å². The van der Waals surface area contributed by atoms with E-state index in [2.05, 4.69) is 10.5 Å². The minimum absolute atomic E-state index is 0.0361. The predicted octanol–water partition coefficient (Wildman–Crippen LogP) is 2.90. The van der Waals surface area contributed by atoms with E-state index < -0.39 is 0 Å². The van der Waals surface area contributed by atoms with Gasteiger partial charge in [0.15, 0.2) is 0 Å². The van der Waals surface area contributed by atoms with Crippen LogP contribution in [0, 0.1) is 0 Å². The maximum absolute atomic E-state index is 12.5. The van der Waals surface area contributed by atoms with Gasteiger partial charge in [-0.3, -0.25) is 9.59 Å². The zero-order valence-corrected chi connectivity index (χ0v) is 15.4. The van der Waals surface area contributed by atoms with Crippen molar-refractivity contribution >= 4 is 23.7 Å². The molecule has 0 unspecified atom stereocenters. The van der Waals surface area contributed by atoms with Crippen molar-refractivity contribution in [2.45, 2.75) is 25.7 Å². The SMILES string of the molecule is COc1ccccc1/C=N/NC(=O)CCC(=O)N1CCCc2ccccc21. The van der Waals surface area contributed by atoms with Gasteiger partial charge in [-0.1, -0.05) is 30.3 Å². The Bertz CT molecular complexity index is 848. The highest BCUT2D eigenvalue weighted by atomic mass is 16.5. The summed E-state index contributed by atoms with van der Waals surface area (Å²) in [7, 11) is 1.58. The summed E-state index contributed by atoms with van der Waals surface area (Å²) in [5.74, 6) is 0.347. The van der Waals surface area contributed by atoms with Crippen LogP contribution in [0.2, 0.25) is 0 Å². The fourth-order valence-electron chi connectivity index (χ4n) is 3.15. The zero-order valence-electron chi connectivity index (χ0n) is 15.4. The van der Waals surface area contributed by atoms with Gasteiger partial charge in [-0.2, -0.15) is 5.10 Å². The summed E-state index contributed by atoms with van der Waals surface area (Å²) in [5, 5.41) is 3.95. The fraction of sp³-hybridized carbons (Fsp3) is 0.286. The number of fused-ring (bicyclic) bond motifs is 1. The van der Waals surface area contributed by atoms with Gasteiger partial charge in [0.1, 0.15) is 5.75 Å². The molecule has 6 nitrogen and oxygen atoms in total. The summed E-state index contributed by atoms with van der Waals surface area (Å²) in [4.78, 5) is 26.3. The lowest BCUT2D eigenvalue weighted by Gasteiger charge is -2.29. The number of amides is 2. The quantitative estimate of drug-likeness (QED) is 0.632. The van der Waals surface area contributed by atoms with Crippen molar-refractivity contribution in [3.8, 4) is 5.75 Å². The molecule has 1 N–H and O–H groups in total. The second-order valence-electron chi connectivity index (χ2n) is 6.31. The number of nitrogens with one attached hydrogen (secondary N) is 1. The molecule has 6 heteroatoms. The number of carbonyl (C=O) groups excluding carboxylic acids is 2. The van der Waals surface area contributed by atoms with E-state index in [0.717, 1.165) is 24.1 Å². The van der Waals surface area contributed by atoms with Crippen molar-refractivity contribution < 1.29 is 14.3 Å². The zero-order chi connectivity index (χ0) is 19.1. The number of benzene rings is 2. The first-order chi connectivity index (χ1) is 13.2. The predicted molar refractivity (Wildman–Crippen MR) is 105 cm³/mol. The molecule has 3 rings (SSSR count). The minimum atomic E-state index is -0.292. The number of rotatable bonds is 6. The van der Waals surface area contributed by atoms with Crippen molar-refractivity contribution in [3.05, 3.63) is 59.7 Å². The lowest BCUT2D eigenvalue weighted by atomic mass is 10.0. The van der Waals surface area contributed by atoms with Crippen molar-refractivity contribution in [2.75, 3.05) is 18.6 Å². The molecular weight excluding hydrogens is 342 g/mol. The van der Waals surface area contributed by atoms with Crippen LogP contribution in [0.4, 0.5) is 5.69 Å². The second kappa shape index (κ2) is 8.98. The standard InChI is InChI=1S/C21H23N3O3/c1-27-19-11-5-3-8-17(19)15-22-23-20(25)12-13-21(26)24-14-6-9-16-7-2-4-10-18(16)24/h2-5,7-8,10-11,15H,6,9,12-14H2,1H3,(H,23,25)/b22-15+. The van der Waals surface area contributed by atoms with Gasteiger partial charge in [-0.05, 0) is 36.6 Å². The maximum Gasteiger partial charge on any atom is 0.240 e. The normalized spacial score (nSPS) is 13.3. The number of ether oxygens (including phenoxy) is 1. The highest BCUT2D eigenvalue weighted by Crippen LogP contribution is 2.27. The smallest absolute Gasteiger partial charge is 0.240 e. The molecule has 0 radical (unpaired) electrons. The van der Waals surface area contributed by atoms with Crippen LogP contribution >= 0.6 is 0 Å². The van der Waals surface area contributed by atoms with Gasteiger partial charge in [0, 0.05) is 30.6 Å². The van der Waals surface area contributed by atoms with E-state index in [4.69, 9.17) is 4.74 Å². The summed E-state index contributed by atoms with van der Waals surface area (Å²) in [6, 6.07) is 15.3. The van der Waals surface area contributed by atoms with E-state index >= 15 is 0 Å². The molecule has 1 heterocycles. The number of anilines is 1. The third-order valence-corrected chi connectivity index (χ3v) is 4.51. The van der Waals surface area contributed by atoms with Crippen LogP contribution < -0.4 is 15.1 Å². The van der Waals surface area contributed by atoms with Crippen molar-refractivity contribution in [1.29, 1.82) is 0 Å². The molecule has 0 atom stereocenters. The Balaban J connectivity index is 1.51. The Morgan fingerprint density at radius 3 is 2.78 bits per heavy atom. The van der Waals surface area contributed by atoms with Crippen LogP contribution in [0.15, 0.2) is 53.6 Å². The molecule has 2 aromatic carbocycles. The molecule has 1 aliphatic rings. The summed E-state index contributed by atoms with van der Waals surface area (Å²) in [5.41, 5.74) is 5.37. The summed E-state index contributed by atoms with van der Waals surface area (Å²) in [6.07, 6.45) is 3.71. The van der Waals surface area contributed by atoms with Gasteiger partial charge in [-0.15, -0.1) is 0 Å². The number of carbonyl (C=O) groups is 2. The van der Waals surface area contributed by atoms with E-state index in [1.807, 2.05) is 48.5 Å². The molecule has 2 aromatic rings. The highest BCUT2D eigenvalue weighted by Gasteiger charge is 2.22. The number of aryl methyl sites for hydroxylation is 1. The van der Waals surface area contributed by atoms with Gasteiger partial charge in [-0.25, -0.2) is 5.43 Å². The molecule has 2 amide bonds. The lowest BCUT2D eigenvalue weighted by molar-refractivity contribution is -0.125. The Morgan fingerprint density at radius 1 is 1.15 bits per heavy atom. The first kappa shape index (κ1) is 18.6. The summed E-state index contributed by atoms with van der Waals surface area (Å²) < 4.78 is 5.22. The van der Waals surface area contributed by atoms with Gasteiger partial charge in [0.2, 0.25) is 11.8 Å². The number of hydrogen-bond acceptors (Lipinski definition) is 4. The van der Waals surface area contributed by atoms with Crippen LogP contribution in [-0.4, -0.2) is 31.7 Å². The van der Waals surface area contributed by atoms with Crippen molar-refractivity contribution in [1.82, 2.24) is 5.43 Å². The Labute approximate surface area is 158 Å². The van der Waals surface area contributed by atoms with E-state index in [1.165, 1.54) is 11.8 Å². The van der Waals surface area contributed by atoms with E-state index in [0.29, 0.717) is 12.3 Å². The first-order valence-corrected chi connectivity index (χ1v) is 9.02. The summed E-state index contributed by atoms with van der Waals surface area (Å²) in [6.45, 7) is 0.698. The third kappa shape index (κ3) is 4.73. The molecular formula is C21H23N3O3. The largest absolute Gasteiger partial charge is 0.496 e. The van der Waals surface area contributed by atoms with Crippen LogP contribution in [-0.2, 0) is 16.0 Å². The molecule has 0 saturated heterocycles. The summed E-state index contributed by atoms with van der Waals surface area (Å²) >= 11 is 0. The topological polar surface area (TPSA) is 71.0 Å². The number of hydrogen-bond donors (Lipinski definition) is 1. The molecule has 0 aromatic heterocycles. The van der Waals surface area contributed by atoms with E-state index in [9.17, 15) is 9.59 Å². The van der Waals surface area contributed by atoms with Crippen molar-refractivity contribution in [3.63, 3.8) is 0 Å². The van der Waals surface area contributed by atoms with Crippen LogP contribution in [0.25, 0.3) is 0 Å². The maximum atomic E-state index is 12.5. The number of hydrazone groups is 1. The van der Waals surface area contributed by atoms with Gasteiger partial charge >= 0.3 is 0 Å². The number of methoxy groups -OCH3 is 1. The van der Waals surface area contributed by atoms with Crippen LogP contribution in [0.3, 0.4) is 0 Å². The molecule has 27 heavy (non-hydrogen) atoms. The Hall–Kier alpha value is -3.15. The number of para-hydroxylation sites is 2. The highest BCUT2D eigenvalue weighted by molar-refractivity contribution is 5.96.